The minimum Gasteiger partial charge on any atom is -0.497 e. The standard InChI is InChI=1S/C22H27NO7/c1-6-29-20-11-15(7-9-19(20)28-5)22(25)30-13-21(24)23-14(2)17-12-16(26-3)8-10-18(17)27-4/h7-12,14H,6,13H2,1-5H3,(H,23,24)/t14-/m0/s1. The zero-order chi connectivity index (χ0) is 22.1. The van der Waals surface area contributed by atoms with Crippen LogP contribution in [-0.4, -0.2) is 46.4 Å². The molecule has 0 aliphatic rings. The molecule has 2 aromatic rings. The van der Waals surface area contributed by atoms with Gasteiger partial charge in [-0.05, 0) is 50.2 Å². The van der Waals surface area contributed by atoms with Gasteiger partial charge in [-0.3, -0.25) is 4.79 Å². The molecule has 2 aromatic carbocycles. The van der Waals surface area contributed by atoms with Crippen LogP contribution in [0.15, 0.2) is 36.4 Å². The highest BCUT2D eigenvalue weighted by atomic mass is 16.5. The lowest BCUT2D eigenvalue weighted by atomic mass is 10.1. The summed E-state index contributed by atoms with van der Waals surface area (Å²) in [5.41, 5.74) is 1.00. The Kier molecular flexibility index (Phi) is 8.34. The number of hydrogen-bond donors (Lipinski definition) is 1. The second kappa shape index (κ2) is 10.9. The van der Waals surface area contributed by atoms with Gasteiger partial charge in [0, 0.05) is 5.56 Å². The zero-order valence-electron chi connectivity index (χ0n) is 17.8. The summed E-state index contributed by atoms with van der Waals surface area (Å²) in [6, 6.07) is 9.60. The molecule has 0 aromatic heterocycles. The molecule has 2 rings (SSSR count). The highest BCUT2D eigenvalue weighted by molar-refractivity contribution is 5.92. The summed E-state index contributed by atoms with van der Waals surface area (Å²) in [6.07, 6.45) is 0. The van der Waals surface area contributed by atoms with E-state index in [0.29, 0.717) is 29.6 Å². The van der Waals surface area contributed by atoms with Crippen molar-refractivity contribution in [1.29, 1.82) is 0 Å². The van der Waals surface area contributed by atoms with Gasteiger partial charge in [-0.15, -0.1) is 0 Å². The molecule has 0 radical (unpaired) electrons. The topological polar surface area (TPSA) is 92.3 Å². The van der Waals surface area contributed by atoms with Crippen molar-refractivity contribution in [2.24, 2.45) is 0 Å². The van der Waals surface area contributed by atoms with Crippen molar-refractivity contribution in [3.05, 3.63) is 47.5 Å². The third-order valence-electron chi connectivity index (χ3n) is 4.31. The summed E-state index contributed by atoms with van der Waals surface area (Å²) in [7, 11) is 4.62. The number of benzene rings is 2. The number of esters is 1. The molecule has 30 heavy (non-hydrogen) atoms. The van der Waals surface area contributed by atoms with Crippen molar-refractivity contribution >= 4 is 11.9 Å². The average Bonchev–Trinajstić information content (AvgIpc) is 2.77. The van der Waals surface area contributed by atoms with Crippen LogP contribution in [0.4, 0.5) is 0 Å². The molecule has 0 spiro atoms. The quantitative estimate of drug-likeness (QED) is 0.594. The fourth-order valence-corrected chi connectivity index (χ4v) is 2.83. The van der Waals surface area contributed by atoms with Crippen molar-refractivity contribution in [3.63, 3.8) is 0 Å². The van der Waals surface area contributed by atoms with E-state index in [-0.39, 0.29) is 11.6 Å². The summed E-state index contributed by atoms with van der Waals surface area (Å²) >= 11 is 0. The summed E-state index contributed by atoms with van der Waals surface area (Å²) in [5, 5.41) is 2.78. The number of carbonyl (C=O) groups excluding carboxylic acids is 2. The smallest absolute Gasteiger partial charge is 0.338 e. The Morgan fingerprint density at radius 3 is 2.27 bits per heavy atom. The Bertz CT molecular complexity index is 882. The fraction of sp³-hybridized carbons (Fsp3) is 0.364. The monoisotopic (exact) mass is 417 g/mol. The first-order chi connectivity index (χ1) is 14.4. The molecule has 1 amide bonds. The summed E-state index contributed by atoms with van der Waals surface area (Å²) in [6.45, 7) is 3.62. The van der Waals surface area contributed by atoms with Crippen LogP contribution in [0.25, 0.3) is 0 Å². The SMILES string of the molecule is CCOc1cc(C(=O)OCC(=O)N[C@@H](C)c2cc(OC)ccc2OC)ccc1OC. The molecule has 162 valence electrons. The molecular weight excluding hydrogens is 390 g/mol. The molecule has 0 saturated carbocycles. The van der Waals surface area contributed by atoms with E-state index in [1.807, 2.05) is 6.92 Å². The van der Waals surface area contributed by atoms with Crippen LogP contribution in [0, 0.1) is 0 Å². The van der Waals surface area contributed by atoms with Crippen molar-refractivity contribution < 1.29 is 33.3 Å². The van der Waals surface area contributed by atoms with Gasteiger partial charge in [-0.1, -0.05) is 0 Å². The predicted octanol–water partition coefficient (Wildman–Crippen LogP) is 3.15. The molecule has 0 heterocycles. The molecule has 0 aliphatic heterocycles. The van der Waals surface area contributed by atoms with E-state index >= 15 is 0 Å². The van der Waals surface area contributed by atoms with E-state index in [1.54, 1.807) is 51.5 Å². The number of nitrogens with one attached hydrogen (secondary N) is 1. The van der Waals surface area contributed by atoms with Crippen molar-refractivity contribution in [1.82, 2.24) is 5.32 Å². The van der Waals surface area contributed by atoms with E-state index in [9.17, 15) is 9.59 Å². The number of ether oxygens (including phenoxy) is 5. The molecule has 0 unspecified atom stereocenters. The third-order valence-corrected chi connectivity index (χ3v) is 4.31. The van der Waals surface area contributed by atoms with E-state index in [2.05, 4.69) is 5.32 Å². The number of amides is 1. The lowest BCUT2D eigenvalue weighted by molar-refractivity contribution is -0.124. The maximum absolute atomic E-state index is 12.3. The van der Waals surface area contributed by atoms with E-state index in [4.69, 9.17) is 23.7 Å². The summed E-state index contributed by atoms with van der Waals surface area (Å²) in [5.74, 6) is 1.11. The van der Waals surface area contributed by atoms with Crippen LogP contribution in [0.1, 0.15) is 35.8 Å². The van der Waals surface area contributed by atoms with Crippen LogP contribution in [-0.2, 0) is 9.53 Å². The Balaban J connectivity index is 1.99. The van der Waals surface area contributed by atoms with Crippen LogP contribution in [0.5, 0.6) is 23.0 Å². The molecule has 0 aliphatic carbocycles. The van der Waals surface area contributed by atoms with Gasteiger partial charge in [0.05, 0.1) is 39.5 Å². The highest BCUT2D eigenvalue weighted by Gasteiger charge is 2.18. The Morgan fingerprint density at radius 2 is 1.63 bits per heavy atom. The van der Waals surface area contributed by atoms with Gasteiger partial charge in [0.1, 0.15) is 11.5 Å². The fourth-order valence-electron chi connectivity index (χ4n) is 2.83. The third kappa shape index (κ3) is 5.79. The van der Waals surface area contributed by atoms with Crippen LogP contribution < -0.4 is 24.3 Å². The molecule has 0 bridgehead atoms. The minimum absolute atomic E-state index is 0.259. The van der Waals surface area contributed by atoms with Gasteiger partial charge >= 0.3 is 5.97 Å². The van der Waals surface area contributed by atoms with Gasteiger partial charge in [0.15, 0.2) is 18.1 Å². The maximum atomic E-state index is 12.3. The second-order valence-electron chi connectivity index (χ2n) is 6.27. The van der Waals surface area contributed by atoms with Crippen molar-refractivity contribution in [2.75, 3.05) is 34.5 Å². The lowest BCUT2D eigenvalue weighted by Gasteiger charge is -2.18. The summed E-state index contributed by atoms with van der Waals surface area (Å²) in [4.78, 5) is 24.6. The van der Waals surface area contributed by atoms with E-state index < -0.39 is 18.5 Å². The van der Waals surface area contributed by atoms with E-state index in [0.717, 1.165) is 5.56 Å². The largest absolute Gasteiger partial charge is 0.497 e. The van der Waals surface area contributed by atoms with Gasteiger partial charge in [0.2, 0.25) is 0 Å². The normalized spacial score (nSPS) is 11.2. The van der Waals surface area contributed by atoms with Gasteiger partial charge in [0.25, 0.3) is 5.91 Å². The Morgan fingerprint density at radius 1 is 0.933 bits per heavy atom. The highest BCUT2D eigenvalue weighted by Crippen LogP contribution is 2.30. The molecule has 1 atom stereocenters. The van der Waals surface area contributed by atoms with Crippen molar-refractivity contribution in [3.8, 4) is 23.0 Å². The van der Waals surface area contributed by atoms with Gasteiger partial charge in [-0.2, -0.15) is 0 Å². The number of carbonyl (C=O) groups is 2. The molecule has 8 heteroatoms. The number of hydrogen-bond acceptors (Lipinski definition) is 7. The maximum Gasteiger partial charge on any atom is 0.338 e. The molecule has 8 nitrogen and oxygen atoms in total. The van der Waals surface area contributed by atoms with Crippen LogP contribution >= 0.6 is 0 Å². The van der Waals surface area contributed by atoms with E-state index in [1.165, 1.54) is 13.2 Å². The van der Waals surface area contributed by atoms with Crippen molar-refractivity contribution in [2.45, 2.75) is 19.9 Å². The zero-order valence-corrected chi connectivity index (χ0v) is 17.8. The summed E-state index contributed by atoms with van der Waals surface area (Å²) < 4.78 is 26.3. The first kappa shape index (κ1) is 22.9. The first-order valence-corrected chi connectivity index (χ1v) is 9.42. The second-order valence-corrected chi connectivity index (χ2v) is 6.27. The lowest BCUT2D eigenvalue weighted by Crippen LogP contribution is -2.31. The van der Waals surface area contributed by atoms with Gasteiger partial charge in [-0.25, -0.2) is 4.79 Å². The molecule has 1 N–H and O–H groups in total. The molecular formula is C22H27NO7. The van der Waals surface area contributed by atoms with Gasteiger partial charge < -0.3 is 29.0 Å². The Labute approximate surface area is 176 Å². The predicted molar refractivity (Wildman–Crippen MR) is 111 cm³/mol. The first-order valence-electron chi connectivity index (χ1n) is 9.42. The van der Waals surface area contributed by atoms with Crippen LogP contribution in [0.2, 0.25) is 0 Å². The number of methoxy groups -OCH3 is 3. The molecule has 0 saturated heterocycles. The minimum atomic E-state index is -0.639. The molecule has 0 fully saturated rings. The Hall–Kier alpha value is -3.42. The number of rotatable bonds is 10. The van der Waals surface area contributed by atoms with Crippen LogP contribution in [0.3, 0.4) is 0 Å². The average molecular weight is 417 g/mol.